The number of nitrogens with zero attached hydrogens (tertiary/aromatic N) is 4. The van der Waals surface area contributed by atoms with E-state index < -0.39 is 11.8 Å². The van der Waals surface area contributed by atoms with Gasteiger partial charge in [0.1, 0.15) is 5.97 Å². The minimum absolute atomic E-state index is 0.422. The quantitative estimate of drug-likeness (QED) is 0.606. The van der Waals surface area contributed by atoms with Crippen LogP contribution < -0.4 is 5.11 Å². The molecule has 70 valence electrons. The SMILES string of the molecule is O=C([O-])c1nnn(-c2ccccc2)n1. The summed E-state index contributed by atoms with van der Waals surface area (Å²) in [7, 11) is 0. The maximum absolute atomic E-state index is 10.4. The monoisotopic (exact) mass is 189 g/mol. The van der Waals surface area contributed by atoms with Crippen molar-refractivity contribution in [2.75, 3.05) is 0 Å². The fourth-order valence-corrected chi connectivity index (χ4v) is 0.967. The number of aromatic carboxylic acids is 1. The maximum atomic E-state index is 10.4. The predicted octanol–water partition coefficient (Wildman–Crippen LogP) is -0.974. The van der Waals surface area contributed by atoms with Gasteiger partial charge in [0.2, 0.25) is 5.82 Å². The molecule has 0 saturated heterocycles. The molecule has 2 rings (SSSR count). The van der Waals surface area contributed by atoms with Gasteiger partial charge in [-0.15, -0.1) is 15.0 Å². The molecule has 6 heteroatoms. The third kappa shape index (κ3) is 1.45. The molecule has 0 saturated carbocycles. The van der Waals surface area contributed by atoms with E-state index in [4.69, 9.17) is 0 Å². The number of hydrogen-bond acceptors (Lipinski definition) is 5. The number of benzene rings is 1. The number of aromatic nitrogens is 4. The summed E-state index contributed by atoms with van der Waals surface area (Å²) >= 11 is 0. The van der Waals surface area contributed by atoms with Gasteiger partial charge in [0.25, 0.3) is 0 Å². The van der Waals surface area contributed by atoms with Crippen LogP contribution in [0.4, 0.5) is 0 Å². The highest BCUT2D eigenvalue weighted by Crippen LogP contribution is 2.01. The van der Waals surface area contributed by atoms with Crippen molar-refractivity contribution >= 4 is 5.97 Å². The van der Waals surface area contributed by atoms with Crippen molar-refractivity contribution in [2.24, 2.45) is 0 Å². The topological polar surface area (TPSA) is 83.7 Å². The molecule has 0 bridgehead atoms. The molecule has 1 aromatic heterocycles. The first-order chi connectivity index (χ1) is 6.77. The fraction of sp³-hybridized carbons (Fsp3) is 0. The van der Waals surface area contributed by atoms with Crippen molar-refractivity contribution in [3.05, 3.63) is 36.2 Å². The van der Waals surface area contributed by atoms with Crippen LogP contribution in [-0.2, 0) is 0 Å². The molecule has 14 heavy (non-hydrogen) atoms. The zero-order chi connectivity index (χ0) is 9.97. The molecular weight excluding hydrogens is 184 g/mol. The molecule has 0 atom stereocenters. The smallest absolute Gasteiger partial charge is 0.220 e. The number of para-hydroxylation sites is 1. The third-order valence-corrected chi connectivity index (χ3v) is 1.58. The summed E-state index contributed by atoms with van der Waals surface area (Å²) in [5.74, 6) is -1.86. The van der Waals surface area contributed by atoms with Gasteiger partial charge in [0.15, 0.2) is 0 Å². The molecular formula is C8H5N4O2-. The summed E-state index contributed by atoms with van der Waals surface area (Å²) < 4.78 is 0. The number of tetrazole rings is 1. The Labute approximate surface area is 78.8 Å². The molecule has 0 spiro atoms. The molecule has 0 amide bonds. The number of carbonyl (C=O) groups excluding carboxylic acids is 1. The third-order valence-electron chi connectivity index (χ3n) is 1.58. The average molecular weight is 189 g/mol. The molecule has 0 N–H and O–H groups in total. The highest BCUT2D eigenvalue weighted by Gasteiger charge is 2.03. The lowest BCUT2D eigenvalue weighted by Crippen LogP contribution is -2.23. The first-order valence-electron chi connectivity index (χ1n) is 3.84. The van der Waals surface area contributed by atoms with Crippen molar-refractivity contribution in [3.63, 3.8) is 0 Å². The lowest BCUT2D eigenvalue weighted by atomic mass is 10.3. The van der Waals surface area contributed by atoms with Crippen LogP contribution in [0.2, 0.25) is 0 Å². The van der Waals surface area contributed by atoms with Gasteiger partial charge in [-0.1, -0.05) is 18.2 Å². The van der Waals surface area contributed by atoms with Crippen molar-refractivity contribution in [1.29, 1.82) is 0 Å². The molecule has 0 aliphatic carbocycles. The number of carbonyl (C=O) groups is 1. The van der Waals surface area contributed by atoms with E-state index in [1.807, 2.05) is 6.07 Å². The van der Waals surface area contributed by atoms with Gasteiger partial charge < -0.3 is 9.90 Å². The first-order valence-corrected chi connectivity index (χ1v) is 3.84. The average Bonchev–Trinajstić information content (AvgIpc) is 2.68. The van der Waals surface area contributed by atoms with Gasteiger partial charge in [0, 0.05) is 0 Å². The van der Waals surface area contributed by atoms with E-state index in [9.17, 15) is 9.90 Å². The van der Waals surface area contributed by atoms with E-state index in [1.165, 1.54) is 0 Å². The van der Waals surface area contributed by atoms with Crippen LogP contribution in [0.5, 0.6) is 0 Å². The minimum atomic E-state index is -1.44. The van der Waals surface area contributed by atoms with Crippen LogP contribution in [0, 0.1) is 0 Å². The summed E-state index contributed by atoms with van der Waals surface area (Å²) in [6, 6.07) is 8.89. The van der Waals surface area contributed by atoms with Gasteiger partial charge in [0.05, 0.1) is 5.69 Å². The molecule has 1 aromatic carbocycles. The van der Waals surface area contributed by atoms with Gasteiger partial charge in [-0.3, -0.25) is 0 Å². The van der Waals surface area contributed by atoms with E-state index in [-0.39, 0.29) is 0 Å². The lowest BCUT2D eigenvalue weighted by Gasteiger charge is -1.95. The predicted molar refractivity (Wildman–Crippen MR) is 43.5 cm³/mol. The van der Waals surface area contributed by atoms with E-state index in [0.29, 0.717) is 5.69 Å². The van der Waals surface area contributed by atoms with Gasteiger partial charge in [-0.2, -0.15) is 0 Å². The van der Waals surface area contributed by atoms with Gasteiger partial charge >= 0.3 is 0 Å². The minimum Gasteiger partial charge on any atom is -0.541 e. The second-order valence-corrected chi connectivity index (χ2v) is 2.53. The number of carboxylic acid groups (broad SMARTS) is 1. The maximum Gasteiger partial charge on any atom is 0.220 e. The summed E-state index contributed by atoms with van der Waals surface area (Å²) in [4.78, 5) is 11.5. The van der Waals surface area contributed by atoms with Crippen LogP contribution in [0.1, 0.15) is 10.6 Å². The Balaban J connectivity index is 2.39. The summed E-state index contributed by atoms with van der Waals surface area (Å²) in [5.41, 5.74) is 0.646. The van der Waals surface area contributed by atoms with Crippen LogP contribution in [0.15, 0.2) is 30.3 Å². The number of hydrogen-bond donors (Lipinski definition) is 0. The second-order valence-electron chi connectivity index (χ2n) is 2.53. The van der Waals surface area contributed by atoms with Crippen LogP contribution in [0.3, 0.4) is 0 Å². The Bertz CT molecular complexity index is 451. The fourth-order valence-electron chi connectivity index (χ4n) is 0.967. The molecule has 0 aliphatic rings. The zero-order valence-corrected chi connectivity index (χ0v) is 6.99. The number of rotatable bonds is 2. The van der Waals surface area contributed by atoms with Crippen LogP contribution in [0.25, 0.3) is 5.69 Å². The Morgan fingerprint density at radius 1 is 1.29 bits per heavy atom. The summed E-state index contributed by atoms with van der Waals surface area (Å²) in [6.07, 6.45) is 0. The number of carboxylic acids is 1. The molecule has 0 radical (unpaired) electrons. The zero-order valence-electron chi connectivity index (χ0n) is 6.99. The second kappa shape index (κ2) is 3.25. The van der Waals surface area contributed by atoms with E-state index in [1.54, 1.807) is 24.3 Å². The van der Waals surface area contributed by atoms with Crippen LogP contribution in [-0.4, -0.2) is 26.2 Å². The van der Waals surface area contributed by atoms with Gasteiger partial charge in [-0.25, -0.2) is 0 Å². The molecule has 2 aromatic rings. The van der Waals surface area contributed by atoms with Gasteiger partial charge in [-0.05, 0) is 17.3 Å². The Morgan fingerprint density at radius 2 is 2.00 bits per heavy atom. The van der Waals surface area contributed by atoms with Crippen molar-refractivity contribution in [3.8, 4) is 5.69 Å². The van der Waals surface area contributed by atoms with E-state index >= 15 is 0 Å². The largest absolute Gasteiger partial charge is 0.541 e. The lowest BCUT2D eigenvalue weighted by molar-refractivity contribution is -0.256. The van der Waals surface area contributed by atoms with E-state index in [2.05, 4.69) is 15.4 Å². The highest BCUT2D eigenvalue weighted by atomic mass is 16.4. The summed E-state index contributed by atoms with van der Waals surface area (Å²) in [6.45, 7) is 0. The molecule has 1 heterocycles. The highest BCUT2D eigenvalue weighted by molar-refractivity contribution is 5.80. The molecule has 6 nitrogen and oxygen atoms in total. The normalized spacial score (nSPS) is 10.0. The van der Waals surface area contributed by atoms with Crippen molar-refractivity contribution in [1.82, 2.24) is 20.2 Å². The van der Waals surface area contributed by atoms with Crippen LogP contribution >= 0.6 is 0 Å². The molecule has 0 unspecified atom stereocenters. The Hall–Kier alpha value is -2.24. The molecule has 0 fully saturated rings. The summed E-state index contributed by atoms with van der Waals surface area (Å²) in [5, 5.41) is 20.8. The Morgan fingerprint density at radius 3 is 2.57 bits per heavy atom. The molecule has 0 aliphatic heterocycles. The van der Waals surface area contributed by atoms with E-state index in [0.717, 1.165) is 4.80 Å². The van der Waals surface area contributed by atoms with Crippen molar-refractivity contribution in [2.45, 2.75) is 0 Å². The first kappa shape index (κ1) is 8.36. The Kier molecular flexibility index (Phi) is 1.94. The van der Waals surface area contributed by atoms with Crippen molar-refractivity contribution < 1.29 is 9.90 Å². The standard InChI is InChI=1S/C8H6N4O2/c13-8(14)7-9-11-12(10-7)6-4-2-1-3-5-6/h1-5H,(H,13,14)/p-1.